The number of hydrogen-bond acceptors (Lipinski definition) is 9. The van der Waals surface area contributed by atoms with Crippen LogP contribution < -0.4 is 20.6 Å². The number of nitro groups is 1. The van der Waals surface area contributed by atoms with E-state index < -0.39 is 41.6 Å². The van der Waals surface area contributed by atoms with E-state index in [0.29, 0.717) is 11.5 Å². The molecule has 0 amide bonds. The zero-order valence-corrected chi connectivity index (χ0v) is 14.6. The third-order valence-corrected chi connectivity index (χ3v) is 4.22. The zero-order valence-electron chi connectivity index (χ0n) is 13.7. The summed E-state index contributed by atoms with van der Waals surface area (Å²) in [5, 5.41) is 9.80. The monoisotopic (exact) mass is 386 g/mol. The lowest BCUT2D eigenvalue weighted by molar-refractivity contribution is -0.525. The highest BCUT2D eigenvalue weighted by molar-refractivity contribution is 7.75. The highest BCUT2D eigenvalue weighted by atomic mass is 32.1. The first-order chi connectivity index (χ1) is 12.5. The van der Waals surface area contributed by atoms with Gasteiger partial charge in [0.25, 0.3) is 5.96 Å². The first kappa shape index (κ1) is 18.5. The summed E-state index contributed by atoms with van der Waals surface area (Å²) in [5.74, 6) is 0.619. The molecule has 142 valence electrons. The molecule has 5 atom stereocenters. The molecule has 1 saturated heterocycles. The highest BCUT2D eigenvalue weighted by Crippen LogP contribution is 2.37. The second-order valence-corrected chi connectivity index (χ2v) is 5.77. The summed E-state index contributed by atoms with van der Waals surface area (Å²) in [5.41, 5.74) is 7.41. The molecule has 2 aliphatic heterocycles. The largest absolute Gasteiger partial charge is 0.487 e. The maximum atomic E-state index is 10.6. The Morgan fingerprint density at radius 2 is 2.19 bits per heavy atom. The van der Waals surface area contributed by atoms with Gasteiger partial charge in [-0.15, -0.1) is 0 Å². The van der Waals surface area contributed by atoms with Gasteiger partial charge in [0.2, 0.25) is 0 Å². The predicted molar refractivity (Wildman–Crippen MR) is 91.4 cm³/mol. The summed E-state index contributed by atoms with van der Waals surface area (Å²) in [7, 11) is 1.43. The van der Waals surface area contributed by atoms with Crippen LogP contribution in [0.25, 0.3) is 0 Å². The van der Waals surface area contributed by atoms with E-state index in [1.807, 2.05) is 6.07 Å². The van der Waals surface area contributed by atoms with Crippen LogP contribution in [0.5, 0.6) is 11.5 Å². The number of aliphatic imine (C=N–C) groups is 1. The van der Waals surface area contributed by atoms with Gasteiger partial charge in [-0.1, -0.05) is 17.6 Å². The van der Waals surface area contributed by atoms with Gasteiger partial charge in [-0.25, -0.2) is 15.1 Å². The summed E-state index contributed by atoms with van der Waals surface area (Å²) in [6.07, 6.45) is -2.96. The third-order valence-electron chi connectivity index (χ3n) is 3.98. The van der Waals surface area contributed by atoms with Gasteiger partial charge in [0.15, 0.2) is 28.9 Å². The molecule has 3 rings (SSSR count). The molecular weight excluding hydrogens is 368 g/mol. The normalized spacial score (nSPS) is 30.8. The fourth-order valence-electron chi connectivity index (χ4n) is 2.89. The summed E-state index contributed by atoms with van der Waals surface area (Å²) in [6, 6.07) is 6.28. The number of hydrazine groups is 1. The van der Waals surface area contributed by atoms with E-state index in [4.69, 9.17) is 28.9 Å². The minimum atomic E-state index is -0.848. The Labute approximate surface area is 154 Å². The predicted octanol–water partition coefficient (Wildman–Crippen LogP) is -0.108. The third kappa shape index (κ3) is 3.77. The molecule has 2 aliphatic rings. The standard InChI is InChI=1S/C14H18N4O7S/c1-21-13-12(25-26)10(16-14(15)17-18(19)20)11-9(24-13)6-22-7-4-2-3-5-8(7)23-11/h2-5,9-13,26H,6H2,1H3,(H3,15,16,17)/t9-,10+,11-,12+,13-/m0/s1. The number of benzene rings is 1. The maximum absolute atomic E-state index is 10.6. The van der Waals surface area contributed by atoms with E-state index in [9.17, 15) is 10.1 Å². The number of nitrogens with zero attached hydrogens (tertiary/aromatic N) is 2. The van der Waals surface area contributed by atoms with E-state index >= 15 is 0 Å². The molecule has 0 aliphatic carbocycles. The van der Waals surface area contributed by atoms with Gasteiger partial charge >= 0.3 is 0 Å². The summed E-state index contributed by atoms with van der Waals surface area (Å²) < 4.78 is 28.0. The number of thiol groups is 1. The van der Waals surface area contributed by atoms with Gasteiger partial charge in [-0.3, -0.25) is 0 Å². The molecule has 26 heavy (non-hydrogen) atoms. The molecule has 0 bridgehead atoms. The smallest absolute Gasteiger partial charge is 0.252 e. The number of fused-ring (bicyclic) bond motifs is 2. The molecule has 0 spiro atoms. The summed E-state index contributed by atoms with van der Waals surface area (Å²) in [6.45, 7) is 0.162. The fraction of sp³-hybridized carbons (Fsp3) is 0.500. The van der Waals surface area contributed by atoms with Crippen LogP contribution in [-0.4, -0.2) is 55.4 Å². The number of methoxy groups -OCH3 is 1. The zero-order chi connectivity index (χ0) is 18.7. The first-order valence-corrected chi connectivity index (χ1v) is 8.01. The van der Waals surface area contributed by atoms with Crippen LogP contribution in [0.1, 0.15) is 0 Å². The van der Waals surface area contributed by atoms with Crippen molar-refractivity contribution in [1.82, 2.24) is 5.43 Å². The van der Waals surface area contributed by atoms with Gasteiger partial charge in [-0.05, 0) is 25.0 Å². The molecule has 0 aromatic heterocycles. The quantitative estimate of drug-likeness (QED) is 0.161. The molecule has 1 fully saturated rings. The van der Waals surface area contributed by atoms with E-state index in [1.165, 1.54) is 7.11 Å². The van der Waals surface area contributed by atoms with Crippen molar-refractivity contribution in [3.8, 4) is 11.5 Å². The average Bonchev–Trinajstić information content (AvgIpc) is 2.80. The number of nitrogens with one attached hydrogen (secondary N) is 1. The molecule has 2 heterocycles. The maximum Gasteiger partial charge on any atom is 0.252 e. The second-order valence-electron chi connectivity index (χ2n) is 5.56. The Bertz CT molecular complexity index is 691. The number of rotatable bonds is 4. The Hall–Kier alpha value is -2.28. The number of para-hydroxylation sites is 2. The minimum Gasteiger partial charge on any atom is -0.487 e. The second kappa shape index (κ2) is 7.95. The van der Waals surface area contributed by atoms with Crippen molar-refractivity contribution in [3.05, 3.63) is 34.4 Å². The van der Waals surface area contributed by atoms with Crippen LogP contribution in [0.4, 0.5) is 0 Å². The SMILES string of the molecule is CO[C@H]1O[C@H]2COc3ccccc3O[C@@H]2[C@@H](N=C(N)N[N+](=O)[O-])[C@H]1OS. The Balaban J connectivity index is 1.96. The molecule has 1 aromatic rings. The van der Waals surface area contributed by atoms with E-state index in [-0.39, 0.29) is 6.61 Å². The number of guanidine groups is 1. The Morgan fingerprint density at radius 1 is 1.46 bits per heavy atom. The number of ether oxygens (including phenoxy) is 4. The lowest BCUT2D eigenvalue weighted by Gasteiger charge is -2.41. The summed E-state index contributed by atoms with van der Waals surface area (Å²) >= 11 is 3.86. The van der Waals surface area contributed by atoms with Crippen LogP contribution >= 0.6 is 12.9 Å². The van der Waals surface area contributed by atoms with Crippen LogP contribution in [0.15, 0.2) is 29.3 Å². The van der Waals surface area contributed by atoms with Crippen molar-refractivity contribution >= 4 is 18.9 Å². The average molecular weight is 386 g/mol. The number of nitrogens with two attached hydrogens (primary N) is 1. The Morgan fingerprint density at radius 3 is 2.85 bits per heavy atom. The summed E-state index contributed by atoms with van der Waals surface area (Å²) in [4.78, 5) is 14.8. The van der Waals surface area contributed by atoms with Gasteiger partial charge < -0.3 is 28.9 Å². The van der Waals surface area contributed by atoms with Crippen LogP contribution in [0.2, 0.25) is 0 Å². The first-order valence-electron chi connectivity index (χ1n) is 7.64. The van der Waals surface area contributed by atoms with Crippen molar-refractivity contribution in [3.63, 3.8) is 0 Å². The van der Waals surface area contributed by atoms with Gasteiger partial charge in [0.05, 0.1) is 0 Å². The van der Waals surface area contributed by atoms with E-state index in [0.717, 1.165) is 0 Å². The molecule has 0 radical (unpaired) electrons. The van der Waals surface area contributed by atoms with Gasteiger partial charge in [-0.2, -0.15) is 0 Å². The molecule has 12 heteroatoms. The fourth-order valence-corrected chi connectivity index (χ4v) is 3.12. The lowest BCUT2D eigenvalue weighted by Crippen LogP contribution is -2.61. The minimum absolute atomic E-state index is 0.162. The lowest BCUT2D eigenvalue weighted by atomic mass is 9.96. The van der Waals surface area contributed by atoms with Crippen LogP contribution in [-0.2, 0) is 13.7 Å². The van der Waals surface area contributed by atoms with Crippen LogP contribution in [0, 0.1) is 10.1 Å². The van der Waals surface area contributed by atoms with Crippen molar-refractivity contribution in [1.29, 1.82) is 0 Å². The van der Waals surface area contributed by atoms with E-state index in [1.54, 1.807) is 23.6 Å². The molecule has 0 saturated carbocycles. The van der Waals surface area contributed by atoms with Crippen LogP contribution in [0.3, 0.4) is 0 Å². The Kier molecular flexibility index (Phi) is 5.66. The van der Waals surface area contributed by atoms with Gasteiger partial charge in [0, 0.05) is 7.11 Å². The van der Waals surface area contributed by atoms with Crippen molar-refractivity contribution in [2.45, 2.75) is 30.6 Å². The molecule has 1 aromatic carbocycles. The molecule has 3 N–H and O–H groups in total. The van der Waals surface area contributed by atoms with Crippen molar-refractivity contribution in [2.24, 2.45) is 10.7 Å². The topological polar surface area (TPSA) is 140 Å². The van der Waals surface area contributed by atoms with Gasteiger partial charge in [0.1, 0.15) is 24.9 Å². The van der Waals surface area contributed by atoms with E-state index in [2.05, 4.69) is 17.9 Å². The van der Waals surface area contributed by atoms with Crippen molar-refractivity contribution in [2.75, 3.05) is 13.7 Å². The van der Waals surface area contributed by atoms with Crippen molar-refractivity contribution < 1.29 is 28.2 Å². The molecule has 0 unspecified atom stereocenters. The number of hydrogen-bond donors (Lipinski definition) is 3. The molecule has 11 nitrogen and oxygen atoms in total. The highest BCUT2D eigenvalue weighted by Gasteiger charge is 2.50. The molecular formula is C14H18N4O7S.